The molecule has 0 spiro atoms. The highest BCUT2D eigenvalue weighted by Gasteiger charge is 2.25. The minimum absolute atomic E-state index is 0.225. The Morgan fingerprint density at radius 1 is 0.389 bits per heavy atom. The number of ether oxygens (including phenoxy) is 5. The van der Waals surface area contributed by atoms with E-state index in [0.29, 0.717) is 62.1 Å². The molecule has 23 heteroatoms. The van der Waals surface area contributed by atoms with Crippen LogP contribution in [0.2, 0.25) is 0 Å². The molecular weight excluding hydrogens is 1290 g/mol. The fourth-order valence-corrected chi connectivity index (χ4v) is 15.7. The van der Waals surface area contributed by atoms with Crippen LogP contribution in [0.4, 0.5) is 0 Å². The molecule has 0 aromatic carbocycles. The predicted molar refractivity (Wildman–Crippen MR) is 390 cm³/mol. The smallest absolute Gasteiger partial charge is 0.333 e. The molecule has 0 heterocycles. The number of hydrogen-bond donors (Lipinski definition) is 2. The maximum atomic E-state index is 12.8. The molecule has 0 fully saturated rings. The van der Waals surface area contributed by atoms with Gasteiger partial charge in [-0.1, -0.05) is 181 Å². The van der Waals surface area contributed by atoms with Crippen molar-refractivity contribution in [1.29, 1.82) is 0 Å². The van der Waals surface area contributed by atoms with Gasteiger partial charge in [0.25, 0.3) is 0 Å². The summed E-state index contributed by atoms with van der Waals surface area (Å²) in [6.45, 7) is 32.5. The molecule has 556 valence electrons. The summed E-state index contributed by atoms with van der Waals surface area (Å²) in [7, 11) is -5.90. The lowest BCUT2D eigenvalue weighted by atomic mass is 10.0. The van der Waals surface area contributed by atoms with Gasteiger partial charge in [-0.3, -0.25) is 18.7 Å². The lowest BCUT2D eigenvalue weighted by Crippen LogP contribution is -2.31. The zero-order chi connectivity index (χ0) is 72.0. The molecule has 0 radical (unpaired) electrons. The summed E-state index contributed by atoms with van der Waals surface area (Å²) in [6.07, 6.45) is 34.9. The largest absolute Gasteiger partial charge is 0.481 e. The fourth-order valence-electron chi connectivity index (χ4n) is 9.35. The van der Waals surface area contributed by atoms with Gasteiger partial charge in [-0.15, -0.1) is 0 Å². The van der Waals surface area contributed by atoms with E-state index < -0.39 is 63.2 Å². The van der Waals surface area contributed by atoms with Crippen LogP contribution in [0.3, 0.4) is 0 Å². The first-order chi connectivity index (χ1) is 45.3. The van der Waals surface area contributed by atoms with E-state index in [9.17, 15) is 43.0 Å². The first-order valence-electron chi connectivity index (χ1n) is 35.7. The number of carbonyl (C=O) groups is 6. The molecule has 0 aliphatic heterocycles. The number of carbonyl (C=O) groups excluding carboxylic acids is 5. The molecule has 19 nitrogen and oxygen atoms in total. The summed E-state index contributed by atoms with van der Waals surface area (Å²) in [5.41, 5.74) is 0.934. The number of carboxylic acids is 1. The van der Waals surface area contributed by atoms with E-state index in [1.54, 1.807) is 0 Å². The van der Waals surface area contributed by atoms with E-state index in [2.05, 4.69) is 49.6 Å². The molecule has 0 aliphatic carbocycles. The molecule has 0 saturated heterocycles. The van der Waals surface area contributed by atoms with Crippen LogP contribution in [-0.2, 0) is 79.7 Å². The third-order valence-electron chi connectivity index (χ3n) is 14.6. The van der Waals surface area contributed by atoms with Crippen molar-refractivity contribution in [3.05, 3.63) is 48.6 Å². The second kappa shape index (κ2) is 65.4. The van der Waals surface area contributed by atoms with Gasteiger partial charge in [0.15, 0.2) is 6.10 Å². The summed E-state index contributed by atoms with van der Waals surface area (Å²) in [5, 5.41) is 19.3. The van der Waals surface area contributed by atoms with E-state index in [1.165, 1.54) is 150 Å². The van der Waals surface area contributed by atoms with Crippen LogP contribution in [0, 0.1) is 0 Å². The monoisotopic (exact) mass is 1430 g/mol. The Hall–Kier alpha value is -3.26. The van der Waals surface area contributed by atoms with Gasteiger partial charge in [0.2, 0.25) is 0 Å². The van der Waals surface area contributed by atoms with E-state index in [-0.39, 0.29) is 55.1 Å². The number of aliphatic carboxylic acids is 1. The molecule has 95 heavy (non-hydrogen) atoms. The number of rotatable bonds is 63. The molecule has 0 aliphatic rings. The van der Waals surface area contributed by atoms with Crippen molar-refractivity contribution < 1.29 is 89.9 Å². The molecule has 2 unspecified atom stereocenters. The maximum Gasteiger partial charge on any atom is 0.333 e. The van der Waals surface area contributed by atoms with Crippen LogP contribution in [-0.4, -0.2) is 145 Å². The number of aliphatic hydroxyl groups excluding tert-OH is 1. The number of esters is 5. The quantitative estimate of drug-likeness (QED) is 0.0188. The van der Waals surface area contributed by atoms with Crippen LogP contribution in [0.1, 0.15) is 275 Å². The minimum atomic E-state index is -2.99. The molecule has 0 amide bonds. The average Bonchev–Trinajstić information content (AvgIpc) is 2.86. The highest BCUT2D eigenvalue weighted by atomic mass is 32.2. The number of unbranched alkanes of at least 4 members (excludes halogenated alkanes) is 20. The van der Waals surface area contributed by atoms with Crippen molar-refractivity contribution in [3.8, 4) is 0 Å². The normalized spacial score (nSPS) is 12.0. The predicted octanol–water partition coefficient (Wildman–Crippen LogP) is 19.1. The van der Waals surface area contributed by atoms with Gasteiger partial charge in [-0.05, 0) is 118 Å². The molecule has 2 N–H and O–H groups in total. The summed E-state index contributed by atoms with van der Waals surface area (Å²) in [4.78, 5) is 68.5. The number of thioether (sulfide) groups is 2. The standard InChI is InChI=1S/C36H65O9PS.C25H51O5PS.C11H16O5/c1-8-11-12-13-14-16-19-23-33(47-27-22-26-46(40,43-9-2)44-10-3)24-20-17-15-18-21-25-34(37)45-32(28-41-35(38)30(4)5)29-42-36(39)31(6)7;1-4-7-8-9-10-12-15-19-24(20-16-13-11-14-17-21-25(26)27)32-23-18-22-31(28,29-5-2)30-6-3;1-7(2)10(13)15-5-9(12)6-16-11(14)8(3)4/h32-33H,4,6,8-29H2,1-3,5,7H3;24H,4-23H2,1-3H3,(H,26,27);9,12H,1,3,5-6H2,2,4H3. The fraction of sp³-hybridized carbons (Fsp3) is 0.806. The second-order valence-electron chi connectivity index (χ2n) is 24.1. The average molecular weight is 1430 g/mol. The van der Waals surface area contributed by atoms with Crippen LogP contribution in [0.5, 0.6) is 0 Å². The maximum absolute atomic E-state index is 12.8. The second-order valence-corrected chi connectivity index (χ2v) is 31.3. The van der Waals surface area contributed by atoms with Gasteiger partial charge in [0.1, 0.15) is 32.5 Å². The van der Waals surface area contributed by atoms with Crippen molar-refractivity contribution in [2.45, 2.75) is 297 Å². The Balaban J connectivity index is -0.00000151. The zero-order valence-electron chi connectivity index (χ0n) is 60.8. The Bertz CT molecular complexity index is 2080. The van der Waals surface area contributed by atoms with Gasteiger partial charge >= 0.3 is 51.0 Å². The highest BCUT2D eigenvalue weighted by Crippen LogP contribution is 2.49. The molecule has 0 bridgehead atoms. The molecule has 0 rings (SSSR count). The Kier molecular flexibility index (Phi) is 66.0. The molecule has 0 saturated carbocycles. The summed E-state index contributed by atoms with van der Waals surface area (Å²) < 4.78 is 72.1. The van der Waals surface area contributed by atoms with Gasteiger partial charge in [-0.2, -0.15) is 23.5 Å². The minimum Gasteiger partial charge on any atom is -0.481 e. The number of carboxylic acid groups (broad SMARTS) is 1. The summed E-state index contributed by atoms with van der Waals surface area (Å²) >= 11 is 4.03. The van der Waals surface area contributed by atoms with Crippen LogP contribution < -0.4 is 0 Å². The Morgan fingerprint density at radius 2 is 0.663 bits per heavy atom. The first-order valence-corrected chi connectivity index (χ1v) is 41.2. The topological polar surface area (TPSA) is 260 Å². The van der Waals surface area contributed by atoms with Gasteiger partial charge < -0.3 is 52.0 Å². The first kappa shape index (κ1) is 95.9. The van der Waals surface area contributed by atoms with E-state index in [0.717, 1.165) is 75.7 Å². The van der Waals surface area contributed by atoms with E-state index >= 15 is 0 Å². The molecule has 0 aromatic heterocycles. The highest BCUT2D eigenvalue weighted by molar-refractivity contribution is 8.00. The Labute approximate surface area is 584 Å². The van der Waals surface area contributed by atoms with Crippen molar-refractivity contribution in [2.24, 2.45) is 0 Å². The molecule has 0 aromatic rings. The Morgan fingerprint density at radius 3 is 0.947 bits per heavy atom. The lowest BCUT2D eigenvalue weighted by molar-refractivity contribution is -0.164. The van der Waals surface area contributed by atoms with Crippen LogP contribution in [0.25, 0.3) is 0 Å². The number of aliphatic hydroxyl groups is 1. The third kappa shape index (κ3) is 62.7. The van der Waals surface area contributed by atoms with E-state index in [4.69, 9.17) is 37.4 Å². The van der Waals surface area contributed by atoms with Crippen LogP contribution in [0.15, 0.2) is 48.6 Å². The van der Waals surface area contributed by atoms with Crippen molar-refractivity contribution in [2.75, 3.05) is 76.7 Å². The van der Waals surface area contributed by atoms with Crippen molar-refractivity contribution >= 4 is 74.5 Å². The summed E-state index contributed by atoms with van der Waals surface area (Å²) in [5.74, 6) is -1.54. The lowest BCUT2D eigenvalue weighted by Gasteiger charge is -2.19. The van der Waals surface area contributed by atoms with Gasteiger partial charge in [0.05, 0.1) is 38.8 Å². The number of hydrogen-bond acceptors (Lipinski definition) is 20. The van der Waals surface area contributed by atoms with Crippen molar-refractivity contribution in [3.63, 3.8) is 0 Å². The van der Waals surface area contributed by atoms with Crippen molar-refractivity contribution in [1.82, 2.24) is 0 Å². The van der Waals surface area contributed by atoms with E-state index in [1.807, 2.05) is 51.2 Å². The zero-order valence-corrected chi connectivity index (χ0v) is 64.2. The SMILES string of the molecule is C=C(C)C(=O)OCC(COC(=O)C(=C)C)OC(=O)CCCCCCCC(CCCCCCCCC)SCCCP(=O)(OCC)OCC.C=C(C)C(=O)OCC(O)COC(=O)C(=C)C.CCCCCCCCCC(CCCCCCCC(=O)O)SCCCP(=O)(OCC)OCC. The summed E-state index contributed by atoms with van der Waals surface area (Å²) in [6, 6.07) is 0. The van der Waals surface area contributed by atoms with Gasteiger partial charge in [-0.25, -0.2) is 19.2 Å². The van der Waals surface area contributed by atoms with Gasteiger partial charge in [0, 0.05) is 45.6 Å². The third-order valence-corrected chi connectivity index (χ3v) is 21.8. The molecular formula is C72H132O19P2S2. The molecule has 2 atom stereocenters. The van der Waals surface area contributed by atoms with Crippen LogP contribution >= 0.6 is 38.7 Å².